The van der Waals surface area contributed by atoms with Gasteiger partial charge in [-0.25, -0.2) is 4.79 Å². The van der Waals surface area contributed by atoms with E-state index in [0.717, 1.165) is 5.56 Å². The van der Waals surface area contributed by atoms with Crippen LogP contribution in [0.3, 0.4) is 0 Å². The number of aliphatic hydroxyl groups excluding tert-OH is 1. The smallest absolute Gasteiger partial charge is 0.408 e. The van der Waals surface area contributed by atoms with Gasteiger partial charge in [0.15, 0.2) is 0 Å². The topological polar surface area (TPSA) is 183 Å². The molecular weight excluding hydrogens is 436 g/mol. The maximum absolute atomic E-state index is 12.5. The minimum Gasteiger partial charge on any atom is -0.496 e. The first-order valence-electron chi connectivity index (χ1n) is 9.74. The summed E-state index contributed by atoms with van der Waals surface area (Å²) in [6, 6.07) is 9.86. The number of nitrogens with two attached hydrogens (primary N) is 1. The number of aliphatic hydroxyl groups is 1. The highest BCUT2D eigenvalue weighted by atomic mass is 16.6. The average Bonchev–Trinajstić information content (AvgIpc) is 2.81. The second kappa shape index (κ2) is 12.0. The molecule has 2 atom stereocenters. The lowest BCUT2D eigenvalue weighted by atomic mass is 10.0. The summed E-state index contributed by atoms with van der Waals surface area (Å²) in [4.78, 5) is 46.9. The Kier molecular flexibility index (Phi) is 9.12. The molecule has 0 radical (unpaired) electrons. The molecule has 0 heterocycles. The minimum atomic E-state index is -1.43. The largest absolute Gasteiger partial charge is 0.496 e. The zero-order valence-electron chi connectivity index (χ0n) is 17.7. The number of non-ortho nitro benzene ring substituents is 1. The summed E-state index contributed by atoms with van der Waals surface area (Å²) >= 11 is 0. The van der Waals surface area contributed by atoms with E-state index < -0.39 is 41.5 Å². The summed E-state index contributed by atoms with van der Waals surface area (Å²) < 4.78 is 10.2. The van der Waals surface area contributed by atoms with Crippen LogP contribution in [0.15, 0.2) is 48.5 Å². The van der Waals surface area contributed by atoms with Crippen molar-refractivity contribution in [2.75, 3.05) is 13.7 Å². The van der Waals surface area contributed by atoms with Crippen LogP contribution in [0.1, 0.15) is 11.1 Å². The predicted octanol–water partition coefficient (Wildman–Crippen LogP) is 0.403. The summed E-state index contributed by atoms with van der Waals surface area (Å²) in [5.41, 5.74) is 6.11. The number of nitro groups is 1. The van der Waals surface area contributed by atoms with Crippen LogP contribution in [0, 0.1) is 10.1 Å². The van der Waals surface area contributed by atoms with Crippen molar-refractivity contribution in [1.82, 2.24) is 10.6 Å². The van der Waals surface area contributed by atoms with Crippen molar-refractivity contribution in [3.63, 3.8) is 0 Å². The van der Waals surface area contributed by atoms with Gasteiger partial charge in [0, 0.05) is 24.1 Å². The number of carbonyl (C=O) groups excluding carboxylic acids is 3. The zero-order valence-corrected chi connectivity index (χ0v) is 17.7. The Hall–Kier alpha value is -4.19. The first kappa shape index (κ1) is 25.1. The van der Waals surface area contributed by atoms with Crippen LogP contribution in [-0.4, -0.2) is 53.7 Å². The second-order valence-electron chi connectivity index (χ2n) is 6.86. The molecule has 176 valence electrons. The van der Waals surface area contributed by atoms with Crippen molar-refractivity contribution in [3.05, 3.63) is 69.8 Å². The molecule has 0 fully saturated rings. The summed E-state index contributed by atoms with van der Waals surface area (Å²) in [6.07, 6.45) is -1.17. The van der Waals surface area contributed by atoms with Gasteiger partial charge in [-0.1, -0.05) is 30.3 Å². The normalized spacial score (nSPS) is 12.2. The fourth-order valence-electron chi connectivity index (χ4n) is 2.85. The molecule has 0 aliphatic carbocycles. The van der Waals surface area contributed by atoms with Crippen LogP contribution in [0.2, 0.25) is 0 Å². The van der Waals surface area contributed by atoms with Crippen LogP contribution in [0.4, 0.5) is 10.5 Å². The maximum atomic E-state index is 12.5. The van der Waals surface area contributed by atoms with E-state index in [-0.39, 0.29) is 30.0 Å². The number of nitrogens with one attached hydrogen (secondary N) is 2. The molecule has 0 saturated carbocycles. The van der Waals surface area contributed by atoms with Gasteiger partial charge in [-0.2, -0.15) is 0 Å². The third-order valence-corrected chi connectivity index (χ3v) is 4.56. The van der Waals surface area contributed by atoms with Crippen LogP contribution < -0.4 is 21.1 Å². The summed E-state index contributed by atoms with van der Waals surface area (Å²) in [5.74, 6) is -1.58. The van der Waals surface area contributed by atoms with Gasteiger partial charge >= 0.3 is 6.09 Å². The summed E-state index contributed by atoms with van der Waals surface area (Å²) in [6.45, 7) is -0.833. The fraction of sp³-hybridized carbons (Fsp3) is 0.286. The molecule has 0 aliphatic rings. The van der Waals surface area contributed by atoms with Gasteiger partial charge in [0.05, 0.1) is 18.6 Å². The first-order chi connectivity index (χ1) is 15.7. The Morgan fingerprint density at radius 3 is 2.39 bits per heavy atom. The Bertz CT molecular complexity index is 999. The highest BCUT2D eigenvalue weighted by Crippen LogP contribution is 2.25. The molecule has 12 nitrogen and oxygen atoms in total. The first-order valence-corrected chi connectivity index (χ1v) is 9.74. The lowest BCUT2D eigenvalue weighted by Gasteiger charge is -2.21. The lowest BCUT2D eigenvalue weighted by Crippen LogP contribution is -2.54. The van der Waals surface area contributed by atoms with Gasteiger partial charge in [-0.15, -0.1) is 0 Å². The predicted molar refractivity (Wildman–Crippen MR) is 115 cm³/mol. The van der Waals surface area contributed by atoms with E-state index >= 15 is 0 Å². The molecular formula is C21H24N4O8. The maximum Gasteiger partial charge on any atom is 0.408 e. The number of nitro benzene ring substituents is 1. The van der Waals surface area contributed by atoms with Crippen LogP contribution in [-0.2, 0) is 27.4 Å². The highest BCUT2D eigenvalue weighted by Gasteiger charge is 2.27. The van der Waals surface area contributed by atoms with Gasteiger partial charge in [-0.3, -0.25) is 19.7 Å². The molecule has 0 unspecified atom stereocenters. The van der Waals surface area contributed by atoms with E-state index in [4.69, 9.17) is 15.2 Å². The SMILES string of the molecule is COc1ccc([N+](=O)[O-])cc1C[C@H](NC(=O)[C@H](CO)NC(=O)OCc1ccccc1)C(N)=O. The van der Waals surface area contributed by atoms with E-state index in [9.17, 15) is 29.6 Å². The molecule has 2 rings (SSSR count). The van der Waals surface area contributed by atoms with E-state index in [2.05, 4.69) is 10.6 Å². The third-order valence-electron chi connectivity index (χ3n) is 4.56. The summed E-state index contributed by atoms with van der Waals surface area (Å²) in [5, 5.41) is 25.1. The molecule has 5 N–H and O–H groups in total. The number of hydrogen-bond donors (Lipinski definition) is 4. The van der Waals surface area contributed by atoms with Gasteiger partial charge in [-0.05, 0) is 11.6 Å². The van der Waals surface area contributed by atoms with Crippen LogP contribution in [0.25, 0.3) is 0 Å². The van der Waals surface area contributed by atoms with Crippen molar-refractivity contribution in [3.8, 4) is 5.75 Å². The molecule has 0 saturated heterocycles. The Balaban J connectivity index is 2.04. The van der Waals surface area contributed by atoms with Crippen LogP contribution in [0.5, 0.6) is 5.75 Å². The lowest BCUT2D eigenvalue weighted by molar-refractivity contribution is -0.384. The quantitative estimate of drug-likeness (QED) is 0.274. The zero-order chi connectivity index (χ0) is 24.4. The average molecular weight is 460 g/mol. The second-order valence-corrected chi connectivity index (χ2v) is 6.86. The van der Waals surface area contributed by atoms with E-state index in [1.165, 1.54) is 25.3 Å². The van der Waals surface area contributed by atoms with E-state index in [0.29, 0.717) is 0 Å². The molecule has 0 aliphatic heterocycles. The number of ether oxygens (including phenoxy) is 2. The number of primary amides is 1. The number of nitrogens with zero attached hydrogens (tertiary/aromatic N) is 1. The molecule has 2 aromatic rings. The fourth-order valence-corrected chi connectivity index (χ4v) is 2.85. The minimum absolute atomic E-state index is 0.0526. The number of benzene rings is 2. The van der Waals surface area contributed by atoms with Gasteiger partial charge in [0.2, 0.25) is 11.8 Å². The molecule has 33 heavy (non-hydrogen) atoms. The number of amides is 3. The number of carbonyl (C=O) groups is 3. The summed E-state index contributed by atoms with van der Waals surface area (Å²) in [7, 11) is 1.34. The van der Waals surface area contributed by atoms with Crippen molar-refractivity contribution < 1.29 is 33.9 Å². The third kappa shape index (κ3) is 7.47. The number of alkyl carbamates (subject to hydrolysis) is 1. The highest BCUT2D eigenvalue weighted by molar-refractivity contribution is 5.91. The number of rotatable bonds is 11. The Labute approximate surface area is 188 Å². The molecule has 0 aromatic heterocycles. The Morgan fingerprint density at radius 1 is 1.12 bits per heavy atom. The Morgan fingerprint density at radius 2 is 1.82 bits per heavy atom. The van der Waals surface area contributed by atoms with E-state index in [1.54, 1.807) is 30.3 Å². The van der Waals surface area contributed by atoms with Crippen molar-refractivity contribution >= 4 is 23.6 Å². The molecule has 3 amide bonds. The molecule has 0 bridgehead atoms. The molecule has 2 aromatic carbocycles. The number of methoxy groups -OCH3 is 1. The molecule has 12 heteroatoms. The number of hydrogen-bond acceptors (Lipinski definition) is 8. The van der Waals surface area contributed by atoms with Crippen molar-refractivity contribution in [1.29, 1.82) is 0 Å². The standard InChI is InChI=1S/C21H24N4O8/c1-32-18-8-7-15(25(30)31)9-14(18)10-16(19(22)27)23-20(28)17(11-26)24-21(29)33-12-13-5-3-2-4-6-13/h2-9,16-17,26H,10-12H2,1H3,(H2,22,27)(H,23,28)(H,24,29)/t16-,17-/m0/s1. The van der Waals surface area contributed by atoms with E-state index in [1.807, 2.05) is 0 Å². The van der Waals surface area contributed by atoms with Gasteiger partial charge in [0.1, 0.15) is 24.4 Å². The van der Waals surface area contributed by atoms with Gasteiger partial charge in [0.25, 0.3) is 5.69 Å². The van der Waals surface area contributed by atoms with Gasteiger partial charge < -0.3 is 30.9 Å². The van der Waals surface area contributed by atoms with Crippen molar-refractivity contribution in [2.24, 2.45) is 5.73 Å². The molecule has 0 spiro atoms. The van der Waals surface area contributed by atoms with Crippen LogP contribution >= 0.6 is 0 Å². The monoisotopic (exact) mass is 460 g/mol. The van der Waals surface area contributed by atoms with Crippen molar-refractivity contribution in [2.45, 2.75) is 25.1 Å².